The van der Waals surface area contributed by atoms with Crippen LogP contribution in [0.25, 0.3) is 0 Å². The summed E-state index contributed by atoms with van der Waals surface area (Å²) in [5.74, 6) is 0. The van der Waals surface area contributed by atoms with E-state index in [1.54, 1.807) is 0 Å². The summed E-state index contributed by atoms with van der Waals surface area (Å²) in [4.78, 5) is 87.6. The maximum atomic E-state index is 8.88. The standard InChI is InChI=1S/K.4H3O4P/c;4*1-5(2,3)4/h;4*(H3,1,2,3,4)/q+1;;;;/p-1. The predicted molar refractivity (Wildman–Crippen MR) is 54.8 cm³/mol. The van der Waals surface area contributed by atoms with Crippen LogP contribution in [0.2, 0.25) is 0 Å². The molecular formula is H11KO16P4. The Morgan fingerprint density at radius 1 is 0.476 bits per heavy atom. The van der Waals surface area contributed by atoms with E-state index in [0.717, 1.165) is 0 Å². The molecule has 0 atom stereocenters. The van der Waals surface area contributed by atoms with Gasteiger partial charge in [0, 0.05) is 0 Å². The van der Waals surface area contributed by atoms with Gasteiger partial charge < -0.3 is 58.7 Å². The van der Waals surface area contributed by atoms with Gasteiger partial charge in [-0.05, 0) is 0 Å². The molecule has 128 valence electrons. The Balaban J connectivity index is -0.0000000533. The number of hydrogen-bond acceptors (Lipinski definition) is 5. The molecule has 0 rings (SSSR count). The molecule has 0 radical (unpaired) electrons. The van der Waals surface area contributed by atoms with Gasteiger partial charge in [0.25, 0.3) is 7.82 Å². The van der Waals surface area contributed by atoms with Gasteiger partial charge in [0.1, 0.15) is 0 Å². The van der Waals surface area contributed by atoms with Gasteiger partial charge in [-0.3, -0.25) is 4.57 Å². The van der Waals surface area contributed by atoms with E-state index in [-0.39, 0.29) is 51.4 Å². The molecule has 0 amide bonds. The van der Waals surface area contributed by atoms with Crippen LogP contribution in [0.1, 0.15) is 0 Å². The molecule has 0 spiro atoms. The van der Waals surface area contributed by atoms with E-state index >= 15 is 0 Å². The molecule has 0 aliphatic carbocycles. The van der Waals surface area contributed by atoms with Crippen LogP contribution in [-0.2, 0) is 18.3 Å². The molecule has 0 aromatic carbocycles. The van der Waals surface area contributed by atoms with Gasteiger partial charge in [-0.15, -0.1) is 0 Å². The number of phosphoric acid groups is 4. The van der Waals surface area contributed by atoms with E-state index < -0.39 is 31.3 Å². The van der Waals surface area contributed by atoms with Crippen molar-refractivity contribution in [3.63, 3.8) is 0 Å². The van der Waals surface area contributed by atoms with Crippen LogP contribution in [0.15, 0.2) is 0 Å². The summed E-state index contributed by atoms with van der Waals surface area (Å²) < 4.78 is 35.4. The zero-order chi connectivity index (χ0) is 18.0. The van der Waals surface area contributed by atoms with Crippen molar-refractivity contribution < 1.29 is 128 Å². The van der Waals surface area contributed by atoms with Gasteiger partial charge in [-0.2, -0.15) is 0 Å². The molecule has 16 nitrogen and oxygen atoms in total. The Kier molecular flexibility index (Phi) is 23.6. The molecule has 0 saturated heterocycles. The van der Waals surface area contributed by atoms with Crippen molar-refractivity contribution in [1.82, 2.24) is 0 Å². The summed E-state index contributed by atoms with van der Waals surface area (Å²) in [6, 6.07) is 0. The van der Waals surface area contributed by atoms with Crippen molar-refractivity contribution in [3.05, 3.63) is 0 Å². The number of hydrogen-bond donors (Lipinski definition) is 11. The van der Waals surface area contributed by atoms with Crippen LogP contribution >= 0.6 is 31.3 Å². The normalized spacial score (nSPS) is 11.2. The van der Waals surface area contributed by atoms with Crippen molar-refractivity contribution in [3.8, 4) is 0 Å². The molecule has 0 fully saturated rings. The van der Waals surface area contributed by atoms with E-state index in [4.69, 9.17) is 77.0 Å². The number of rotatable bonds is 0. The minimum absolute atomic E-state index is 0. The monoisotopic (exact) mass is 430 g/mol. The van der Waals surface area contributed by atoms with Crippen LogP contribution in [0.4, 0.5) is 0 Å². The van der Waals surface area contributed by atoms with Gasteiger partial charge >= 0.3 is 74.9 Å². The molecule has 0 bridgehead atoms. The molecule has 21 heteroatoms. The fraction of sp³-hybridized carbons (Fsp3) is 0. The largest absolute Gasteiger partial charge is 1.00 e. The molecule has 0 saturated carbocycles. The minimum Gasteiger partial charge on any atom is -0.756 e. The van der Waals surface area contributed by atoms with E-state index in [9.17, 15) is 0 Å². The molecule has 11 N–H and O–H groups in total. The van der Waals surface area contributed by atoms with E-state index in [1.165, 1.54) is 0 Å². The zero-order valence-corrected chi connectivity index (χ0v) is 16.5. The van der Waals surface area contributed by atoms with Crippen LogP contribution in [-0.4, -0.2) is 53.8 Å². The van der Waals surface area contributed by atoms with Gasteiger partial charge in [-0.25, -0.2) is 13.7 Å². The first kappa shape index (κ1) is 34.4. The van der Waals surface area contributed by atoms with Gasteiger partial charge in [-0.1, -0.05) is 0 Å². The third kappa shape index (κ3) is 2060. The predicted octanol–water partition coefficient (Wildman–Crippen LogP) is -7.34. The Labute approximate surface area is 158 Å². The zero-order valence-electron chi connectivity index (χ0n) is 9.75. The molecule has 0 aliphatic rings. The van der Waals surface area contributed by atoms with Crippen molar-refractivity contribution >= 4 is 31.3 Å². The van der Waals surface area contributed by atoms with Crippen LogP contribution in [0, 0.1) is 0 Å². The Bertz CT molecular complexity index is 285. The maximum Gasteiger partial charge on any atom is 1.00 e. The van der Waals surface area contributed by atoms with Crippen LogP contribution in [0.3, 0.4) is 0 Å². The molecule has 0 aromatic heterocycles. The first-order valence-corrected chi connectivity index (χ1v) is 9.34. The van der Waals surface area contributed by atoms with Crippen molar-refractivity contribution in [2.24, 2.45) is 0 Å². The second-order valence-corrected chi connectivity index (χ2v) is 6.09. The fourth-order valence-corrected chi connectivity index (χ4v) is 0. The minimum atomic E-state index is -4.89. The van der Waals surface area contributed by atoms with E-state index in [2.05, 4.69) is 0 Å². The van der Waals surface area contributed by atoms with Crippen molar-refractivity contribution in [2.75, 3.05) is 0 Å². The van der Waals surface area contributed by atoms with Gasteiger partial charge in [0.05, 0.1) is 0 Å². The summed E-state index contributed by atoms with van der Waals surface area (Å²) >= 11 is 0. The SMILES string of the molecule is O=P(O)(O)O.O=P(O)(O)O.O=P(O)(O)O.O=P([O-])(O)O.[K+]. The Hall–Kier alpha value is 2.08. The van der Waals surface area contributed by atoms with E-state index in [0.29, 0.717) is 0 Å². The van der Waals surface area contributed by atoms with E-state index in [1.807, 2.05) is 0 Å². The van der Waals surface area contributed by atoms with Gasteiger partial charge in [0.15, 0.2) is 0 Å². The smallest absolute Gasteiger partial charge is 0.756 e. The summed E-state index contributed by atoms with van der Waals surface area (Å²) in [5, 5.41) is 0. The second-order valence-electron chi connectivity index (χ2n) is 2.03. The Morgan fingerprint density at radius 2 is 0.476 bits per heavy atom. The average Bonchev–Trinajstić information content (AvgIpc) is 1.62. The van der Waals surface area contributed by atoms with Gasteiger partial charge in [0.2, 0.25) is 0 Å². The quantitative estimate of drug-likeness (QED) is 0.125. The third-order valence-corrected chi connectivity index (χ3v) is 0. The Morgan fingerprint density at radius 3 is 0.476 bits per heavy atom. The molecule has 0 aromatic rings. The second kappa shape index (κ2) is 14.4. The third-order valence-electron chi connectivity index (χ3n) is 0. The maximum absolute atomic E-state index is 8.88. The first-order valence-electron chi connectivity index (χ1n) is 3.11. The first-order chi connectivity index (χ1) is 8.00. The molecular weight excluding hydrogens is 419 g/mol. The average molecular weight is 430 g/mol. The molecule has 0 unspecified atom stereocenters. The summed E-state index contributed by atoms with van der Waals surface area (Å²) in [7, 11) is -18.8. The molecule has 0 heterocycles. The summed E-state index contributed by atoms with van der Waals surface area (Å²) in [6.07, 6.45) is 0. The van der Waals surface area contributed by atoms with Crippen molar-refractivity contribution in [2.45, 2.75) is 0 Å². The van der Waals surface area contributed by atoms with Crippen LogP contribution in [0.5, 0.6) is 0 Å². The summed E-state index contributed by atoms with van der Waals surface area (Å²) in [6.45, 7) is 0. The molecule has 0 aliphatic heterocycles. The topological polar surface area (TPSA) is 314 Å². The molecule has 21 heavy (non-hydrogen) atoms. The van der Waals surface area contributed by atoms with Crippen LogP contribution < -0.4 is 56.3 Å². The fourth-order valence-electron chi connectivity index (χ4n) is 0. The van der Waals surface area contributed by atoms with Crippen molar-refractivity contribution in [1.29, 1.82) is 0 Å². The summed E-state index contributed by atoms with van der Waals surface area (Å²) in [5.41, 5.74) is 0.